The highest BCUT2D eigenvalue weighted by Gasteiger charge is 2.36. The van der Waals surface area contributed by atoms with Gasteiger partial charge in [0.05, 0.1) is 11.6 Å². The van der Waals surface area contributed by atoms with Crippen LogP contribution < -0.4 is 16.0 Å². The van der Waals surface area contributed by atoms with E-state index in [2.05, 4.69) is 10.2 Å². The van der Waals surface area contributed by atoms with E-state index >= 15 is 0 Å². The first kappa shape index (κ1) is 23.3. The summed E-state index contributed by atoms with van der Waals surface area (Å²) < 4.78 is 61.5. The Balaban J connectivity index is 1.74. The number of pyridine rings is 1. The smallest absolute Gasteiger partial charge is 0.420 e. The van der Waals surface area contributed by atoms with Gasteiger partial charge in [-0.05, 0) is 41.5 Å². The third-order valence-electron chi connectivity index (χ3n) is 5.03. The molecule has 12 heteroatoms. The molecule has 2 aromatic carbocycles. The van der Waals surface area contributed by atoms with Crippen molar-refractivity contribution in [1.82, 2.24) is 19.3 Å². The molecule has 0 fully saturated rings. The summed E-state index contributed by atoms with van der Waals surface area (Å²) in [6.07, 6.45) is -3.94. The van der Waals surface area contributed by atoms with Gasteiger partial charge in [0.2, 0.25) is 5.75 Å². The highest BCUT2D eigenvalue weighted by atomic mass is 35.5. The van der Waals surface area contributed by atoms with E-state index in [9.17, 15) is 27.2 Å². The van der Waals surface area contributed by atoms with E-state index in [1.165, 1.54) is 49.5 Å². The summed E-state index contributed by atoms with van der Waals surface area (Å²) >= 11 is 6.23. The van der Waals surface area contributed by atoms with E-state index in [0.717, 1.165) is 15.3 Å². The summed E-state index contributed by atoms with van der Waals surface area (Å²) in [4.78, 5) is 24.5. The van der Waals surface area contributed by atoms with Gasteiger partial charge in [0, 0.05) is 13.2 Å². The molecule has 0 unspecified atom stereocenters. The summed E-state index contributed by atoms with van der Waals surface area (Å²) in [6, 6.07) is 10.5. The molecule has 0 aliphatic rings. The molecule has 0 atom stereocenters. The zero-order valence-electron chi connectivity index (χ0n) is 17.4. The summed E-state index contributed by atoms with van der Waals surface area (Å²) in [5, 5.41) is 5.89. The Morgan fingerprint density at radius 2 is 1.74 bits per heavy atom. The molecular weight excluding hydrogens is 480 g/mol. The van der Waals surface area contributed by atoms with Crippen molar-refractivity contribution in [2.24, 2.45) is 7.05 Å². The molecule has 0 spiro atoms. The van der Waals surface area contributed by atoms with Crippen molar-refractivity contribution in [1.29, 1.82) is 0 Å². The first-order valence-corrected chi connectivity index (χ1v) is 10.1. The maximum atomic E-state index is 13.6. The van der Waals surface area contributed by atoms with E-state index in [-0.39, 0.29) is 23.1 Å². The van der Waals surface area contributed by atoms with Crippen molar-refractivity contribution < 1.29 is 22.3 Å². The van der Waals surface area contributed by atoms with E-state index in [0.29, 0.717) is 17.2 Å². The highest BCUT2D eigenvalue weighted by Crippen LogP contribution is 2.38. The number of ether oxygens (including phenoxy) is 1. The lowest BCUT2D eigenvalue weighted by atomic mass is 10.1. The number of benzene rings is 2. The number of nitrogens with zero attached hydrogens (tertiary/aromatic N) is 3. The molecule has 0 aliphatic heterocycles. The number of H-pyrrole nitrogens is 1. The van der Waals surface area contributed by atoms with Crippen LogP contribution in [0.2, 0.25) is 5.02 Å². The van der Waals surface area contributed by atoms with Crippen LogP contribution in [0.4, 0.5) is 17.6 Å². The molecule has 2 heterocycles. The lowest BCUT2D eigenvalue weighted by molar-refractivity contribution is -0.138. The monoisotopic (exact) mass is 494 g/mol. The van der Waals surface area contributed by atoms with Gasteiger partial charge in [-0.15, -0.1) is 0 Å². The number of rotatable bonds is 5. The van der Waals surface area contributed by atoms with Crippen molar-refractivity contribution >= 4 is 11.6 Å². The predicted molar refractivity (Wildman–Crippen MR) is 116 cm³/mol. The second-order valence-electron chi connectivity index (χ2n) is 7.25. The van der Waals surface area contributed by atoms with Gasteiger partial charge in [0.1, 0.15) is 17.1 Å². The minimum atomic E-state index is -4.88. The summed E-state index contributed by atoms with van der Waals surface area (Å²) in [7, 11) is 1.40. The number of halogens is 5. The molecule has 0 aliphatic carbocycles. The van der Waals surface area contributed by atoms with Crippen molar-refractivity contribution in [2.45, 2.75) is 12.7 Å². The zero-order chi connectivity index (χ0) is 24.6. The molecule has 176 valence electrons. The standard InChI is InChI=1S/C22H15ClF4N4O3/c1-30-18(28-29-21(30)33)11-31-9-8-15(22(25,26)27)19(20(31)32)34-17-7-4-13(10-16(17)23)12-2-5-14(24)6-3-12/h2-10H,11H2,1H3,(H,29,33). The van der Waals surface area contributed by atoms with Crippen LogP contribution in [0.3, 0.4) is 0 Å². The third kappa shape index (κ3) is 4.60. The Kier molecular flexibility index (Phi) is 6.05. The van der Waals surface area contributed by atoms with Crippen LogP contribution >= 0.6 is 11.6 Å². The van der Waals surface area contributed by atoms with Gasteiger partial charge >= 0.3 is 11.9 Å². The number of hydrogen-bond acceptors (Lipinski definition) is 4. The SMILES string of the molecule is Cn1c(Cn2ccc(C(F)(F)F)c(Oc3ccc(-c4ccc(F)cc4)cc3Cl)c2=O)n[nH]c1=O. The molecule has 1 N–H and O–H groups in total. The molecule has 0 radical (unpaired) electrons. The van der Waals surface area contributed by atoms with Crippen LogP contribution in [0.25, 0.3) is 11.1 Å². The summed E-state index contributed by atoms with van der Waals surface area (Å²) in [5.41, 5.74) is -1.73. The highest BCUT2D eigenvalue weighted by molar-refractivity contribution is 6.32. The third-order valence-corrected chi connectivity index (χ3v) is 5.33. The molecule has 7 nitrogen and oxygen atoms in total. The van der Waals surface area contributed by atoms with Crippen LogP contribution in [-0.4, -0.2) is 19.3 Å². The van der Waals surface area contributed by atoms with Crippen molar-refractivity contribution in [2.75, 3.05) is 0 Å². The number of aromatic amines is 1. The fourth-order valence-corrected chi connectivity index (χ4v) is 3.41. The summed E-state index contributed by atoms with van der Waals surface area (Å²) in [6.45, 7) is -0.278. The van der Waals surface area contributed by atoms with Gasteiger partial charge in [-0.25, -0.2) is 14.3 Å². The Morgan fingerprint density at radius 1 is 1.06 bits per heavy atom. The molecule has 4 aromatic rings. The van der Waals surface area contributed by atoms with Crippen LogP contribution in [-0.2, 0) is 19.8 Å². The molecule has 2 aromatic heterocycles. The lowest BCUT2D eigenvalue weighted by Gasteiger charge is -2.16. The number of nitrogens with one attached hydrogen (secondary N) is 1. The average Bonchev–Trinajstić information content (AvgIpc) is 3.09. The number of hydrogen-bond donors (Lipinski definition) is 1. The molecule has 0 amide bonds. The van der Waals surface area contributed by atoms with Gasteiger partial charge in [-0.2, -0.15) is 18.3 Å². The van der Waals surface area contributed by atoms with E-state index in [4.69, 9.17) is 16.3 Å². The van der Waals surface area contributed by atoms with Crippen molar-refractivity contribution in [3.05, 3.63) is 97.8 Å². The Labute approximate surface area is 193 Å². The molecule has 4 rings (SSSR count). The Morgan fingerprint density at radius 3 is 2.32 bits per heavy atom. The molecule has 0 bridgehead atoms. The van der Waals surface area contributed by atoms with Gasteiger partial charge in [-0.3, -0.25) is 9.36 Å². The number of aromatic nitrogens is 4. The maximum Gasteiger partial charge on any atom is 0.420 e. The zero-order valence-corrected chi connectivity index (χ0v) is 18.1. The average molecular weight is 495 g/mol. The van der Waals surface area contributed by atoms with Gasteiger partial charge in [0.25, 0.3) is 5.56 Å². The fourth-order valence-electron chi connectivity index (χ4n) is 3.19. The van der Waals surface area contributed by atoms with Crippen molar-refractivity contribution in [3.8, 4) is 22.6 Å². The molecule has 34 heavy (non-hydrogen) atoms. The topological polar surface area (TPSA) is 81.9 Å². The second-order valence-corrected chi connectivity index (χ2v) is 7.65. The van der Waals surface area contributed by atoms with Crippen LogP contribution in [0.1, 0.15) is 11.4 Å². The van der Waals surface area contributed by atoms with Gasteiger partial charge in [0.15, 0.2) is 5.82 Å². The van der Waals surface area contributed by atoms with E-state index < -0.39 is 34.6 Å². The largest absolute Gasteiger partial charge is 0.449 e. The Bertz CT molecular complexity index is 1470. The second kappa shape index (κ2) is 8.82. The molecular formula is C22H15ClF4N4O3. The fraction of sp³-hybridized carbons (Fsp3) is 0.136. The lowest BCUT2D eigenvalue weighted by Crippen LogP contribution is -2.26. The van der Waals surface area contributed by atoms with Crippen molar-refractivity contribution in [3.63, 3.8) is 0 Å². The minimum absolute atomic E-state index is 0.0561. The predicted octanol–water partition coefficient (Wildman–Crippen LogP) is 4.59. The summed E-state index contributed by atoms with van der Waals surface area (Å²) in [5.74, 6) is -1.46. The Hall–Kier alpha value is -3.86. The van der Waals surface area contributed by atoms with Gasteiger partial charge in [-0.1, -0.05) is 29.8 Å². The first-order valence-electron chi connectivity index (χ1n) is 9.69. The van der Waals surface area contributed by atoms with Crippen LogP contribution in [0, 0.1) is 5.82 Å². The molecule has 0 saturated heterocycles. The van der Waals surface area contributed by atoms with E-state index in [1.54, 1.807) is 0 Å². The van der Waals surface area contributed by atoms with Crippen LogP contribution in [0.15, 0.2) is 64.3 Å². The minimum Gasteiger partial charge on any atom is -0.449 e. The van der Waals surface area contributed by atoms with Gasteiger partial charge < -0.3 is 9.30 Å². The first-order chi connectivity index (χ1) is 16.0. The number of alkyl halides is 3. The quantitative estimate of drug-likeness (QED) is 0.411. The maximum absolute atomic E-state index is 13.6. The molecule has 0 saturated carbocycles. The van der Waals surface area contributed by atoms with Crippen LogP contribution in [0.5, 0.6) is 11.5 Å². The normalized spacial score (nSPS) is 11.6. The van der Waals surface area contributed by atoms with E-state index in [1.807, 2.05) is 0 Å².